The maximum Gasteiger partial charge on any atom is 0.344 e. The molecule has 19 heavy (non-hydrogen) atoms. The highest BCUT2D eigenvalue weighted by molar-refractivity contribution is 7.17. The summed E-state index contributed by atoms with van der Waals surface area (Å²) in [5, 5.41) is 2.94. The molecule has 0 amide bonds. The molecule has 0 saturated carbocycles. The van der Waals surface area contributed by atoms with Gasteiger partial charge in [0.25, 0.3) is 0 Å². The fourth-order valence-electron chi connectivity index (χ4n) is 2.13. The van der Waals surface area contributed by atoms with Gasteiger partial charge >= 0.3 is 5.63 Å². The van der Waals surface area contributed by atoms with Crippen LogP contribution in [0.3, 0.4) is 0 Å². The highest BCUT2D eigenvalue weighted by Gasteiger charge is 2.16. The van der Waals surface area contributed by atoms with E-state index in [1.165, 1.54) is 6.26 Å². The van der Waals surface area contributed by atoms with Crippen LogP contribution in [0.15, 0.2) is 32.7 Å². The van der Waals surface area contributed by atoms with Crippen molar-refractivity contribution in [1.29, 1.82) is 0 Å². The smallest absolute Gasteiger partial charge is 0.344 e. The molecule has 4 heteroatoms. The van der Waals surface area contributed by atoms with Gasteiger partial charge in [-0.15, -0.1) is 11.3 Å². The molecule has 0 aromatic carbocycles. The molecular formula is C15H18O3S. The number of thiophene rings is 1. The first-order valence-corrected chi connectivity index (χ1v) is 7.30. The fourth-order valence-corrected chi connectivity index (χ4v) is 2.89. The van der Waals surface area contributed by atoms with Crippen molar-refractivity contribution in [3.63, 3.8) is 0 Å². The normalized spacial score (nSPS) is 12.6. The largest absolute Gasteiger partial charge is 0.501 e. The molecule has 0 N–H and O–H groups in total. The maximum atomic E-state index is 12.1. The van der Waals surface area contributed by atoms with Gasteiger partial charge in [-0.2, -0.15) is 0 Å². The molecule has 2 rings (SSSR count). The van der Waals surface area contributed by atoms with Crippen LogP contribution < -0.4 is 5.63 Å². The zero-order valence-electron chi connectivity index (χ0n) is 11.5. The molecule has 3 nitrogen and oxygen atoms in total. The first-order valence-electron chi connectivity index (χ1n) is 6.42. The quantitative estimate of drug-likeness (QED) is 0.760. The first kappa shape index (κ1) is 13.9. The number of ether oxygens (including phenoxy) is 1. The molecule has 0 fully saturated rings. The average molecular weight is 278 g/mol. The van der Waals surface area contributed by atoms with Crippen molar-refractivity contribution in [3.8, 4) is 0 Å². The third-order valence-electron chi connectivity index (χ3n) is 3.25. The van der Waals surface area contributed by atoms with Gasteiger partial charge in [-0.25, -0.2) is 4.79 Å². The first-order chi connectivity index (χ1) is 9.19. The van der Waals surface area contributed by atoms with Crippen molar-refractivity contribution in [2.24, 2.45) is 0 Å². The highest BCUT2D eigenvalue weighted by Crippen LogP contribution is 2.30. The lowest BCUT2D eigenvalue weighted by atomic mass is 9.98. The van der Waals surface area contributed by atoms with Gasteiger partial charge in [0.15, 0.2) is 0 Å². The zero-order chi connectivity index (χ0) is 13.8. The van der Waals surface area contributed by atoms with Crippen molar-refractivity contribution >= 4 is 27.0 Å². The van der Waals surface area contributed by atoms with E-state index >= 15 is 0 Å². The van der Waals surface area contributed by atoms with Crippen LogP contribution in [0.25, 0.3) is 15.7 Å². The van der Waals surface area contributed by atoms with Crippen LogP contribution in [-0.2, 0) is 4.74 Å². The molecule has 0 saturated heterocycles. The lowest BCUT2D eigenvalue weighted by molar-refractivity contribution is 0.294. The van der Waals surface area contributed by atoms with E-state index in [1.807, 2.05) is 18.4 Å². The molecule has 0 unspecified atom stereocenters. The minimum absolute atomic E-state index is 0.284. The molecule has 0 aliphatic heterocycles. The topological polar surface area (TPSA) is 39.4 Å². The minimum atomic E-state index is -0.284. The monoisotopic (exact) mass is 278 g/mol. The molecule has 0 aliphatic rings. The second-order valence-corrected chi connectivity index (χ2v) is 5.39. The van der Waals surface area contributed by atoms with Gasteiger partial charge in [0.05, 0.1) is 23.1 Å². The summed E-state index contributed by atoms with van der Waals surface area (Å²) in [5.74, 6) is 0.791. The predicted molar refractivity (Wildman–Crippen MR) is 79.5 cm³/mol. The van der Waals surface area contributed by atoms with Gasteiger partial charge in [0.2, 0.25) is 0 Å². The molecule has 0 spiro atoms. The van der Waals surface area contributed by atoms with Crippen LogP contribution in [0, 0.1) is 0 Å². The number of methoxy groups -OCH3 is 1. The van der Waals surface area contributed by atoms with Gasteiger partial charge in [-0.05, 0) is 31.2 Å². The minimum Gasteiger partial charge on any atom is -0.501 e. The van der Waals surface area contributed by atoms with Crippen molar-refractivity contribution < 1.29 is 9.15 Å². The van der Waals surface area contributed by atoms with Crippen molar-refractivity contribution in [3.05, 3.63) is 39.5 Å². The third kappa shape index (κ3) is 2.73. The number of rotatable bonds is 5. The maximum absolute atomic E-state index is 12.1. The van der Waals surface area contributed by atoms with E-state index in [1.54, 1.807) is 18.4 Å². The molecule has 102 valence electrons. The van der Waals surface area contributed by atoms with E-state index < -0.39 is 0 Å². The van der Waals surface area contributed by atoms with Crippen molar-refractivity contribution in [2.75, 3.05) is 7.11 Å². The van der Waals surface area contributed by atoms with Crippen molar-refractivity contribution in [1.82, 2.24) is 0 Å². The number of fused-ring (bicyclic) bond motifs is 1. The average Bonchev–Trinajstić information content (AvgIpc) is 2.88. The SMILES string of the molecule is CCCC/C(=C(/C)OC)c1c(=O)occ2sccc12. The summed E-state index contributed by atoms with van der Waals surface area (Å²) in [7, 11) is 1.64. The van der Waals surface area contributed by atoms with E-state index in [-0.39, 0.29) is 5.63 Å². The second kappa shape index (κ2) is 6.06. The molecule has 2 aromatic heterocycles. The number of unbranched alkanes of at least 4 members (excludes halogenated alkanes) is 1. The van der Waals surface area contributed by atoms with E-state index in [2.05, 4.69) is 6.92 Å². The summed E-state index contributed by atoms with van der Waals surface area (Å²) >= 11 is 1.57. The molecule has 0 aliphatic carbocycles. The van der Waals surface area contributed by atoms with Gasteiger partial charge in [-0.3, -0.25) is 0 Å². The molecule has 0 atom stereocenters. The van der Waals surface area contributed by atoms with Gasteiger partial charge < -0.3 is 9.15 Å². The Morgan fingerprint density at radius 1 is 1.47 bits per heavy atom. The lowest BCUT2D eigenvalue weighted by Gasteiger charge is -2.11. The Kier molecular flexibility index (Phi) is 4.43. The predicted octanol–water partition coefficient (Wildman–Crippen LogP) is 4.42. The van der Waals surface area contributed by atoms with Gasteiger partial charge in [-0.1, -0.05) is 13.3 Å². The lowest BCUT2D eigenvalue weighted by Crippen LogP contribution is -2.08. The standard InChI is InChI=1S/C15H18O3S/c1-4-5-6-11(10(2)17-3)14-12-7-8-19-13(12)9-18-15(14)16/h7-9H,4-6H2,1-3H3/b11-10+. The van der Waals surface area contributed by atoms with Crippen LogP contribution >= 0.6 is 11.3 Å². The number of hydrogen-bond donors (Lipinski definition) is 0. The Labute approximate surface area is 116 Å². The Bertz CT molecular complexity index is 649. The van der Waals surface area contributed by atoms with Gasteiger partial charge in [0.1, 0.15) is 6.26 Å². The Hall–Kier alpha value is -1.55. The Morgan fingerprint density at radius 2 is 2.26 bits per heavy atom. The Morgan fingerprint density at radius 3 is 2.95 bits per heavy atom. The summed E-state index contributed by atoms with van der Waals surface area (Å²) < 4.78 is 11.5. The molecule has 2 heterocycles. The molecule has 0 bridgehead atoms. The zero-order valence-corrected chi connectivity index (χ0v) is 12.3. The van der Waals surface area contributed by atoms with Crippen LogP contribution in [0.2, 0.25) is 0 Å². The van der Waals surface area contributed by atoms with Crippen LogP contribution in [0.5, 0.6) is 0 Å². The number of allylic oxidation sites excluding steroid dienone is 2. The van der Waals surface area contributed by atoms with Crippen molar-refractivity contribution in [2.45, 2.75) is 33.1 Å². The third-order valence-corrected chi connectivity index (χ3v) is 4.10. The highest BCUT2D eigenvalue weighted by atomic mass is 32.1. The summed E-state index contributed by atoms with van der Waals surface area (Å²) in [6, 6.07) is 1.97. The van der Waals surface area contributed by atoms with E-state index in [0.717, 1.165) is 40.7 Å². The summed E-state index contributed by atoms with van der Waals surface area (Å²) in [6.45, 7) is 4.03. The van der Waals surface area contributed by atoms with E-state index in [9.17, 15) is 4.79 Å². The van der Waals surface area contributed by atoms with Crippen LogP contribution in [0.1, 0.15) is 38.7 Å². The Balaban J connectivity index is 2.65. The number of hydrogen-bond acceptors (Lipinski definition) is 4. The fraction of sp³-hybridized carbons (Fsp3) is 0.400. The second-order valence-electron chi connectivity index (χ2n) is 4.44. The summed E-state index contributed by atoms with van der Waals surface area (Å²) in [6.07, 6.45) is 4.46. The molecule has 2 aromatic rings. The molecular weight excluding hydrogens is 260 g/mol. The van der Waals surface area contributed by atoms with E-state index in [0.29, 0.717) is 5.56 Å². The van der Waals surface area contributed by atoms with Crippen LogP contribution in [-0.4, -0.2) is 7.11 Å². The van der Waals surface area contributed by atoms with Gasteiger partial charge in [0, 0.05) is 11.0 Å². The van der Waals surface area contributed by atoms with E-state index in [4.69, 9.17) is 9.15 Å². The summed E-state index contributed by atoms with van der Waals surface area (Å²) in [4.78, 5) is 12.1. The summed E-state index contributed by atoms with van der Waals surface area (Å²) in [5.41, 5.74) is 1.34. The molecule has 0 radical (unpaired) electrons. The van der Waals surface area contributed by atoms with Crippen LogP contribution in [0.4, 0.5) is 0 Å².